The van der Waals surface area contributed by atoms with E-state index in [0.29, 0.717) is 5.33 Å². The lowest BCUT2D eigenvalue weighted by Crippen LogP contribution is -2.33. The molecule has 86 valence electrons. The summed E-state index contributed by atoms with van der Waals surface area (Å²) in [6.45, 7) is 1.81. The molecule has 0 aliphatic heterocycles. The van der Waals surface area contributed by atoms with E-state index in [4.69, 9.17) is 0 Å². The van der Waals surface area contributed by atoms with Crippen LogP contribution in [0.5, 0.6) is 0 Å². The molecule has 1 amide bonds. The molecule has 1 rings (SSSR count). The van der Waals surface area contributed by atoms with Crippen molar-refractivity contribution >= 4 is 27.5 Å². The fourth-order valence-electron chi connectivity index (χ4n) is 1.16. The van der Waals surface area contributed by atoms with Gasteiger partial charge in [-0.25, -0.2) is 0 Å². The summed E-state index contributed by atoms with van der Waals surface area (Å²) >= 11 is 3.21. The van der Waals surface area contributed by atoms with E-state index in [1.807, 2.05) is 0 Å². The minimum atomic E-state index is -0.562. The molecule has 1 N–H and O–H groups in total. The third kappa shape index (κ3) is 3.03. The smallest absolute Gasteiger partial charge is 0.282 e. The molecule has 0 spiro atoms. The maximum Gasteiger partial charge on any atom is 0.282 e. The Morgan fingerprint density at radius 2 is 2.19 bits per heavy atom. The molecule has 0 saturated carbocycles. The summed E-state index contributed by atoms with van der Waals surface area (Å²) in [4.78, 5) is 21.8. The quantitative estimate of drug-likeness (QED) is 0.523. The van der Waals surface area contributed by atoms with Gasteiger partial charge in [0, 0.05) is 17.4 Å². The SMILES string of the molecule is CC(CBr)NC(=O)c1ccccc1[N+](=O)[O-]. The van der Waals surface area contributed by atoms with Crippen LogP contribution in [0.1, 0.15) is 17.3 Å². The van der Waals surface area contributed by atoms with Gasteiger partial charge in [-0.2, -0.15) is 0 Å². The molecule has 0 radical (unpaired) electrons. The van der Waals surface area contributed by atoms with Gasteiger partial charge in [-0.15, -0.1) is 0 Å². The second kappa shape index (κ2) is 5.60. The van der Waals surface area contributed by atoms with Gasteiger partial charge in [0.05, 0.1) is 4.92 Å². The van der Waals surface area contributed by atoms with Crippen molar-refractivity contribution in [2.75, 3.05) is 5.33 Å². The zero-order valence-electron chi connectivity index (χ0n) is 8.64. The fourth-order valence-corrected chi connectivity index (χ4v) is 1.33. The van der Waals surface area contributed by atoms with E-state index in [9.17, 15) is 14.9 Å². The maximum absolute atomic E-state index is 11.7. The van der Waals surface area contributed by atoms with E-state index in [-0.39, 0.29) is 17.3 Å². The topological polar surface area (TPSA) is 72.2 Å². The van der Waals surface area contributed by atoms with Gasteiger partial charge >= 0.3 is 0 Å². The van der Waals surface area contributed by atoms with Gasteiger partial charge in [-0.1, -0.05) is 28.1 Å². The molecule has 0 fully saturated rings. The first kappa shape index (κ1) is 12.6. The van der Waals surface area contributed by atoms with Gasteiger partial charge < -0.3 is 5.32 Å². The van der Waals surface area contributed by atoms with Crippen LogP contribution < -0.4 is 5.32 Å². The molecular formula is C10H11BrN2O3. The molecule has 1 aromatic rings. The number of rotatable bonds is 4. The van der Waals surface area contributed by atoms with E-state index in [2.05, 4.69) is 21.2 Å². The van der Waals surface area contributed by atoms with Crippen LogP contribution in [-0.4, -0.2) is 22.2 Å². The Kier molecular flexibility index (Phi) is 4.42. The zero-order chi connectivity index (χ0) is 12.1. The molecule has 1 atom stereocenters. The van der Waals surface area contributed by atoms with Gasteiger partial charge in [0.2, 0.25) is 0 Å². The molecule has 0 aliphatic carbocycles. The number of alkyl halides is 1. The van der Waals surface area contributed by atoms with Gasteiger partial charge in [0.25, 0.3) is 11.6 Å². The summed E-state index contributed by atoms with van der Waals surface area (Å²) in [7, 11) is 0. The molecule has 6 heteroatoms. The van der Waals surface area contributed by atoms with Crippen molar-refractivity contribution in [1.82, 2.24) is 5.32 Å². The Balaban J connectivity index is 2.95. The number of nitrogens with one attached hydrogen (secondary N) is 1. The first-order chi connectivity index (χ1) is 7.56. The summed E-state index contributed by atoms with van der Waals surface area (Å²) in [6, 6.07) is 5.80. The van der Waals surface area contributed by atoms with Crippen LogP contribution in [0, 0.1) is 10.1 Å². The Hall–Kier alpha value is -1.43. The van der Waals surface area contributed by atoms with Crippen LogP contribution in [0.25, 0.3) is 0 Å². The summed E-state index contributed by atoms with van der Waals surface area (Å²) in [5, 5.41) is 13.9. The monoisotopic (exact) mass is 286 g/mol. The predicted molar refractivity (Wildman–Crippen MR) is 63.8 cm³/mol. The van der Waals surface area contributed by atoms with Gasteiger partial charge in [-0.3, -0.25) is 14.9 Å². The lowest BCUT2D eigenvalue weighted by Gasteiger charge is -2.10. The molecule has 0 aliphatic rings. The van der Waals surface area contributed by atoms with Crippen LogP contribution >= 0.6 is 15.9 Å². The summed E-state index contributed by atoms with van der Waals surface area (Å²) in [6.07, 6.45) is 0. The third-order valence-corrected chi connectivity index (χ3v) is 2.93. The average Bonchev–Trinajstić information content (AvgIpc) is 2.28. The van der Waals surface area contributed by atoms with Gasteiger partial charge in [0.15, 0.2) is 0 Å². The summed E-state index contributed by atoms with van der Waals surface area (Å²) in [5.74, 6) is -0.431. The van der Waals surface area contributed by atoms with Crippen molar-refractivity contribution in [1.29, 1.82) is 0 Å². The predicted octanol–water partition coefficient (Wildman–Crippen LogP) is 2.11. The maximum atomic E-state index is 11.7. The standard InChI is InChI=1S/C10H11BrN2O3/c1-7(6-11)12-10(14)8-4-2-3-5-9(8)13(15)16/h2-5,7H,6H2,1H3,(H,12,14). The molecule has 0 saturated heterocycles. The minimum absolute atomic E-state index is 0.0766. The number of hydrogen-bond donors (Lipinski definition) is 1. The highest BCUT2D eigenvalue weighted by Gasteiger charge is 2.19. The van der Waals surface area contributed by atoms with Gasteiger partial charge in [-0.05, 0) is 13.0 Å². The number of halogens is 1. The Morgan fingerprint density at radius 3 is 2.75 bits per heavy atom. The third-order valence-electron chi connectivity index (χ3n) is 1.95. The fraction of sp³-hybridized carbons (Fsp3) is 0.300. The number of nitro groups is 1. The number of amides is 1. The Morgan fingerprint density at radius 1 is 1.56 bits per heavy atom. The summed E-state index contributed by atoms with van der Waals surface area (Å²) in [5.41, 5.74) is -0.0953. The molecule has 1 aromatic carbocycles. The number of benzene rings is 1. The zero-order valence-corrected chi connectivity index (χ0v) is 10.2. The molecule has 0 aromatic heterocycles. The largest absolute Gasteiger partial charge is 0.349 e. The lowest BCUT2D eigenvalue weighted by molar-refractivity contribution is -0.385. The number of carbonyl (C=O) groups excluding carboxylic acids is 1. The van der Waals surface area contributed by atoms with Crippen molar-refractivity contribution in [2.24, 2.45) is 0 Å². The minimum Gasteiger partial charge on any atom is -0.349 e. The Bertz CT molecular complexity index is 409. The molecule has 0 heterocycles. The van der Waals surface area contributed by atoms with E-state index in [1.54, 1.807) is 13.0 Å². The lowest BCUT2D eigenvalue weighted by atomic mass is 10.1. The first-order valence-corrected chi connectivity index (χ1v) is 5.78. The average molecular weight is 287 g/mol. The second-order valence-corrected chi connectivity index (χ2v) is 3.95. The molecule has 16 heavy (non-hydrogen) atoms. The number of nitro benzene ring substituents is 1. The molecule has 1 unspecified atom stereocenters. The van der Waals surface area contributed by atoms with Gasteiger partial charge in [0.1, 0.15) is 5.56 Å². The van der Waals surface area contributed by atoms with E-state index in [1.165, 1.54) is 18.2 Å². The number of nitrogens with zero attached hydrogens (tertiary/aromatic N) is 1. The van der Waals surface area contributed by atoms with Crippen molar-refractivity contribution in [2.45, 2.75) is 13.0 Å². The van der Waals surface area contributed by atoms with Crippen molar-refractivity contribution in [3.63, 3.8) is 0 Å². The van der Waals surface area contributed by atoms with Crippen molar-refractivity contribution in [3.05, 3.63) is 39.9 Å². The summed E-state index contributed by atoms with van der Waals surface area (Å²) < 4.78 is 0. The van der Waals surface area contributed by atoms with Crippen LogP contribution in [0.3, 0.4) is 0 Å². The molecular weight excluding hydrogens is 276 g/mol. The molecule has 0 bridgehead atoms. The Labute approximate surface area is 101 Å². The van der Waals surface area contributed by atoms with E-state index < -0.39 is 10.8 Å². The normalized spacial score (nSPS) is 11.9. The first-order valence-electron chi connectivity index (χ1n) is 4.66. The van der Waals surface area contributed by atoms with Crippen LogP contribution in [0.4, 0.5) is 5.69 Å². The number of para-hydroxylation sites is 1. The second-order valence-electron chi connectivity index (χ2n) is 3.30. The highest BCUT2D eigenvalue weighted by atomic mass is 79.9. The van der Waals surface area contributed by atoms with Crippen molar-refractivity contribution in [3.8, 4) is 0 Å². The molecule has 5 nitrogen and oxygen atoms in total. The van der Waals surface area contributed by atoms with Crippen LogP contribution in [0.15, 0.2) is 24.3 Å². The highest BCUT2D eigenvalue weighted by molar-refractivity contribution is 9.09. The van der Waals surface area contributed by atoms with E-state index >= 15 is 0 Å². The highest BCUT2D eigenvalue weighted by Crippen LogP contribution is 2.17. The van der Waals surface area contributed by atoms with Crippen LogP contribution in [-0.2, 0) is 0 Å². The van der Waals surface area contributed by atoms with Crippen molar-refractivity contribution < 1.29 is 9.72 Å². The van der Waals surface area contributed by atoms with Crippen LogP contribution in [0.2, 0.25) is 0 Å². The number of carbonyl (C=O) groups is 1. The van der Waals surface area contributed by atoms with E-state index in [0.717, 1.165) is 0 Å². The number of hydrogen-bond acceptors (Lipinski definition) is 3.